The summed E-state index contributed by atoms with van der Waals surface area (Å²) in [5, 5.41) is 0. The maximum Gasteiger partial charge on any atom is 0.305 e. The summed E-state index contributed by atoms with van der Waals surface area (Å²) in [6.07, 6.45) is 9.67. The molecule has 4 aliphatic carbocycles. The summed E-state index contributed by atoms with van der Waals surface area (Å²) in [4.78, 5) is 54.5. The van der Waals surface area contributed by atoms with Crippen LogP contribution in [0.3, 0.4) is 0 Å². The van der Waals surface area contributed by atoms with Gasteiger partial charge in [0.15, 0.2) is 0 Å². The Morgan fingerprint density at radius 1 is 1.03 bits per heavy atom. The molecule has 5 aliphatic rings. The summed E-state index contributed by atoms with van der Waals surface area (Å²) in [6.45, 7) is 10.1. The van der Waals surface area contributed by atoms with E-state index in [2.05, 4.69) is 25.7 Å². The van der Waals surface area contributed by atoms with Crippen LogP contribution in [-0.2, 0) is 23.9 Å². The van der Waals surface area contributed by atoms with Crippen molar-refractivity contribution in [1.82, 2.24) is 4.90 Å². The summed E-state index contributed by atoms with van der Waals surface area (Å²) in [5.74, 6) is 1.46. The lowest BCUT2D eigenvalue weighted by molar-refractivity contribution is -0.166. The van der Waals surface area contributed by atoms with Crippen molar-refractivity contribution in [2.75, 3.05) is 26.2 Å². The van der Waals surface area contributed by atoms with Crippen LogP contribution in [0.1, 0.15) is 97.8 Å². The number of carbonyl (C=O) groups excluding carboxylic acids is 4. The maximum atomic E-state index is 13.9. The van der Waals surface area contributed by atoms with Gasteiger partial charge in [0.05, 0.1) is 0 Å². The number of carbonyl (C=O) groups is 4. The van der Waals surface area contributed by atoms with Crippen molar-refractivity contribution in [3.63, 3.8) is 0 Å². The van der Waals surface area contributed by atoms with Gasteiger partial charge in [0.1, 0.15) is 24.0 Å². The quantitative estimate of drug-likeness (QED) is 0.445. The van der Waals surface area contributed by atoms with Crippen LogP contribution in [0.4, 0.5) is 0 Å². The molecule has 206 valence electrons. The van der Waals surface area contributed by atoms with Gasteiger partial charge < -0.3 is 4.74 Å². The number of hydrogen-bond donors (Lipinski definition) is 0. The molecular weight excluding hydrogens is 466 g/mol. The molecule has 5 rings (SSSR count). The SMILES string of the molecule is CC(CCC(=O)OCCN1CCCCC1)[C@H]1CC[C@H]2[C@@H]3C(=O)C[C@@H]4CC(=O)CC[C@]4(C)[C@H]3CC(=O)[C@]12C. The molecule has 4 saturated carbocycles. The van der Waals surface area contributed by atoms with Crippen LogP contribution in [0.15, 0.2) is 0 Å². The van der Waals surface area contributed by atoms with E-state index in [1.54, 1.807) is 0 Å². The van der Waals surface area contributed by atoms with Gasteiger partial charge in [-0.2, -0.15) is 0 Å². The van der Waals surface area contributed by atoms with Crippen LogP contribution in [-0.4, -0.2) is 54.5 Å². The third-order valence-electron chi connectivity index (χ3n) is 11.8. The number of rotatable bonds is 7. The molecular formula is C31H47NO5. The van der Waals surface area contributed by atoms with Gasteiger partial charge in [-0.25, -0.2) is 0 Å². The molecule has 0 aromatic heterocycles. The van der Waals surface area contributed by atoms with E-state index in [0.717, 1.165) is 45.3 Å². The predicted molar refractivity (Wildman–Crippen MR) is 141 cm³/mol. The Morgan fingerprint density at radius 2 is 1.78 bits per heavy atom. The standard InChI is InChI=1S/C31H47NO5/c1-20(7-10-28(36)37-16-15-32-13-5-4-6-14-32)23-8-9-24-29-25(19-27(35)31(23,24)3)30(2)12-11-22(33)17-21(30)18-26(29)34/h20-21,23-25,29H,4-19H2,1-3H3/t20?,21-,23+,24-,25-,29-,30-,31+/m0/s1. The first-order valence-corrected chi connectivity index (χ1v) is 15.1. The van der Waals surface area contributed by atoms with E-state index >= 15 is 0 Å². The summed E-state index contributed by atoms with van der Waals surface area (Å²) in [7, 11) is 0. The van der Waals surface area contributed by atoms with E-state index in [9.17, 15) is 19.2 Å². The first-order chi connectivity index (χ1) is 17.6. The zero-order valence-electron chi connectivity index (χ0n) is 23.3. The van der Waals surface area contributed by atoms with Crippen LogP contribution >= 0.6 is 0 Å². The van der Waals surface area contributed by atoms with Gasteiger partial charge in [0.25, 0.3) is 0 Å². The highest BCUT2D eigenvalue weighted by molar-refractivity contribution is 5.93. The molecule has 0 amide bonds. The highest BCUT2D eigenvalue weighted by Crippen LogP contribution is 2.66. The smallest absolute Gasteiger partial charge is 0.305 e. The van der Waals surface area contributed by atoms with Crippen molar-refractivity contribution in [2.24, 2.45) is 46.3 Å². The second-order valence-corrected chi connectivity index (χ2v) is 13.6. The normalized spacial score (nSPS) is 41.1. The predicted octanol–water partition coefficient (Wildman–Crippen LogP) is 5.02. The van der Waals surface area contributed by atoms with Crippen molar-refractivity contribution in [3.8, 4) is 0 Å². The molecule has 6 heteroatoms. The third kappa shape index (κ3) is 4.85. The van der Waals surface area contributed by atoms with Crippen molar-refractivity contribution in [2.45, 2.75) is 97.8 Å². The molecule has 6 nitrogen and oxygen atoms in total. The average Bonchev–Trinajstić information content (AvgIpc) is 3.23. The van der Waals surface area contributed by atoms with E-state index in [-0.39, 0.29) is 52.7 Å². The molecule has 0 spiro atoms. The van der Waals surface area contributed by atoms with Crippen molar-refractivity contribution in [1.29, 1.82) is 0 Å². The molecule has 0 N–H and O–H groups in total. The number of esters is 1. The number of piperidine rings is 1. The Labute approximate surface area is 222 Å². The number of ketones is 3. The fourth-order valence-electron chi connectivity index (χ4n) is 9.48. The van der Waals surface area contributed by atoms with E-state index in [1.807, 2.05) is 0 Å². The summed E-state index contributed by atoms with van der Waals surface area (Å²) in [6, 6.07) is 0. The lowest BCUT2D eigenvalue weighted by atomic mass is 9.44. The topological polar surface area (TPSA) is 80.8 Å². The van der Waals surface area contributed by atoms with Crippen LogP contribution < -0.4 is 0 Å². The average molecular weight is 514 g/mol. The molecule has 8 atom stereocenters. The van der Waals surface area contributed by atoms with Crippen LogP contribution in [0, 0.1) is 46.3 Å². The van der Waals surface area contributed by atoms with Crippen molar-refractivity contribution < 1.29 is 23.9 Å². The molecule has 5 fully saturated rings. The summed E-state index contributed by atoms with van der Waals surface area (Å²) in [5.41, 5.74) is -0.562. The molecule has 37 heavy (non-hydrogen) atoms. The first kappa shape index (κ1) is 27.0. The molecule has 0 radical (unpaired) electrons. The number of ether oxygens (including phenoxy) is 1. The zero-order valence-corrected chi connectivity index (χ0v) is 23.3. The van der Waals surface area contributed by atoms with E-state index in [4.69, 9.17) is 4.74 Å². The Hall–Kier alpha value is -1.56. The number of nitrogens with zero attached hydrogens (tertiary/aromatic N) is 1. The third-order valence-corrected chi connectivity index (χ3v) is 11.8. The van der Waals surface area contributed by atoms with Gasteiger partial charge in [0.2, 0.25) is 0 Å². The highest BCUT2D eigenvalue weighted by atomic mass is 16.5. The van der Waals surface area contributed by atoms with Gasteiger partial charge in [-0.1, -0.05) is 27.2 Å². The minimum atomic E-state index is -0.484. The Kier molecular flexibility index (Phi) is 7.70. The van der Waals surface area contributed by atoms with E-state index < -0.39 is 5.41 Å². The van der Waals surface area contributed by atoms with E-state index in [1.165, 1.54) is 19.3 Å². The van der Waals surface area contributed by atoms with Gasteiger partial charge in [-0.15, -0.1) is 0 Å². The van der Waals surface area contributed by atoms with Gasteiger partial charge >= 0.3 is 5.97 Å². The Morgan fingerprint density at radius 3 is 2.54 bits per heavy atom. The fraction of sp³-hybridized carbons (Fsp3) is 0.871. The number of hydrogen-bond acceptors (Lipinski definition) is 6. The lowest BCUT2D eigenvalue weighted by Gasteiger charge is -2.58. The monoisotopic (exact) mass is 513 g/mol. The Bertz CT molecular complexity index is 925. The van der Waals surface area contributed by atoms with Gasteiger partial charge in [-0.05, 0) is 86.6 Å². The molecule has 0 bridgehead atoms. The maximum absolute atomic E-state index is 13.9. The van der Waals surface area contributed by atoms with Gasteiger partial charge in [0, 0.05) is 50.0 Å². The number of fused-ring (bicyclic) bond motifs is 5. The molecule has 0 aromatic carbocycles. The molecule has 1 unspecified atom stereocenters. The van der Waals surface area contributed by atoms with Crippen LogP contribution in [0.25, 0.3) is 0 Å². The van der Waals surface area contributed by atoms with Crippen LogP contribution in [0.5, 0.6) is 0 Å². The first-order valence-electron chi connectivity index (χ1n) is 15.1. The van der Waals surface area contributed by atoms with E-state index in [0.29, 0.717) is 50.3 Å². The lowest BCUT2D eigenvalue weighted by Crippen LogP contribution is -2.60. The van der Waals surface area contributed by atoms with Crippen molar-refractivity contribution in [3.05, 3.63) is 0 Å². The molecule has 1 heterocycles. The van der Waals surface area contributed by atoms with Crippen molar-refractivity contribution >= 4 is 23.3 Å². The number of Topliss-reactive ketones (excluding diaryl/α,β-unsaturated/α-hetero) is 3. The molecule has 1 aliphatic heterocycles. The minimum absolute atomic E-state index is 0.0471. The highest BCUT2D eigenvalue weighted by Gasteiger charge is 2.66. The largest absolute Gasteiger partial charge is 0.464 e. The Balaban J connectivity index is 1.20. The summed E-state index contributed by atoms with van der Waals surface area (Å²) < 4.78 is 5.55. The molecule has 1 saturated heterocycles. The summed E-state index contributed by atoms with van der Waals surface area (Å²) >= 11 is 0. The zero-order chi connectivity index (χ0) is 26.4. The van der Waals surface area contributed by atoms with Gasteiger partial charge in [-0.3, -0.25) is 24.1 Å². The van der Waals surface area contributed by atoms with Crippen LogP contribution in [0.2, 0.25) is 0 Å². The molecule has 0 aromatic rings. The second-order valence-electron chi connectivity index (χ2n) is 13.6. The fourth-order valence-corrected chi connectivity index (χ4v) is 9.48. The second kappa shape index (κ2) is 10.5. The minimum Gasteiger partial charge on any atom is -0.464 e. The number of likely N-dealkylation sites (tertiary alicyclic amines) is 1.